The van der Waals surface area contributed by atoms with E-state index in [1.807, 2.05) is 60.5 Å². The van der Waals surface area contributed by atoms with Gasteiger partial charge in [0.1, 0.15) is 11.6 Å². The van der Waals surface area contributed by atoms with E-state index in [4.69, 9.17) is 19.2 Å². The molecule has 0 saturated carbocycles. The number of anilines is 1. The summed E-state index contributed by atoms with van der Waals surface area (Å²) >= 11 is 0. The highest BCUT2D eigenvalue weighted by molar-refractivity contribution is 6.15. The van der Waals surface area contributed by atoms with Gasteiger partial charge in [0, 0.05) is 19.2 Å². The van der Waals surface area contributed by atoms with Crippen molar-refractivity contribution in [2.45, 2.75) is 30.8 Å². The van der Waals surface area contributed by atoms with Crippen molar-refractivity contribution >= 4 is 29.4 Å². The molecule has 9 heteroatoms. The highest BCUT2D eigenvalue weighted by atomic mass is 16.5. The Morgan fingerprint density at radius 1 is 1.03 bits per heavy atom. The zero-order valence-corrected chi connectivity index (χ0v) is 20.6. The van der Waals surface area contributed by atoms with Crippen LogP contribution in [0.3, 0.4) is 0 Å². The lowest BCUT2D eigenvalue weighted by Gasteiger charge is -2.48. The maximum absolute atomic E-state index is 13.4. The number of hydrogen-bond acceptors (Lipinski definition) is 8. The molecule has 186 valence electrons. The van der Waals surface area contributed by atoms with E-state index >= 15 is 0 Å². The van der Waals surface area contributed by atoms with Crippen LogP contribution in [-0.4, -0.2) is 63.0 Å². The van der Waals surface area contributed by atoms with Gasteiger partial charge in [-0.25, -0.2) is 14.6 Å². The number of amidine groups is 1. The van der Waals surface area contributed by atoms with Crippen molar-refractivity contribution in [3.63, 3.8) is 0 Å². The largest absolute Gasteiger partial charge is 0.497 e. The monoisotopic (exact) mass is 489 g/mol. The number of para-hydroxylation sites is 1. The molecule has 1 fully saturated rings. The van der Waals surface area contributed by atoms with Crippen LogP contribution in [0.4, 0.5) is 5.69 Å². The molecule has 36 heavy (non-hydrogen) atoms. The fraction of sp³-hybridized carbons (Fsp3) is 0.333. The van der Waals surface area contributed by atoms with Gasteiger partial charge in [0.15, 0.2) is 5.70 Å². The number of ether oxygens (including phenoxy) is 3. The summed E-state index contributed by atoms with van der Waals surface area (Å²) < 4.78 is 15.4. The van der Waals surface area contributed by atoms with Crippen molar-refractivity contribution in [3.8, 4) is 5.75 Å². The number of hydrogen-bond donors (Lipinski definition) is 0. The molecule has 2 atom stereocenters. The Morgan fingerprint density at radius 2 is 1.72 bits per heavy atom. The zero-order valence-electron chi connectivity index (χ0n) is 20.6. The van der Waals surface area contributed by atoms with Crippen molar-refractivity contribution < 1.29 is 28.6 Å². The number of methoxy groups -OCH3 is 3. The van der Waals surface area contributed by atoms with Gasteiger partial charge in [-0.3, -0.25) is 9.69 Å². The lowest BCUT2D eigenvalue weighted by molar-refractivity contribution is -0.140. The van der Waals surface area contributed by atoms with Crippen LogP contribution in [0, 0.1) is 0 Å². The molecular formula is C27H27N3O6. The number of fused-ring (bicyclic) bond motifs is 1. The topological polar surface area (TPSA) is 97.7 Å². The Kier molecular flexibility index (Phi) is 5.78. The van der Waals surface area contributed by atoms with E-state index in [0.717, 1.165) is 16.8 Å². The highest BCUT2D eigenvalue weighted by Crippen LogP contribution is 2.55. The van der Waals surface area contributed by atoms with Gasteiger partial charge in [0.25, 0.3) is 0 Å². The Bertz CT molecular complexity index is 1320. The lowest BCUT2D eigenvalue weighted by atomic mass is 9.65. The van der Waals surface area contributed by atoms with Crippen LogP contribution < -0.4 is 9.64 Å². The quantitative estimate of drug-likeness (QED) is 0.596. The summed E-state index contributed by atoms with van der Waals surface area (Å²) in [5.74, 6) is -0.375. The summed E-state index contributed by atoms with van der Waals surface area (Å²) in [6.07, 6.45) is 0.695. The molecule has 1 amide bonds. The minimum Gasteiger partial charge on any atom is -0.497 e. The molecule has 0 bridgehead atoms. The van der Waals surface area contributed by atoms with Crippen LogP contribution in [0.25, 0.3) is 0 Å². The third-order valence-electron chi connectivity index (χ3n) is 7.34. The fourth-order valence-electron chi connectivity index (χ4n) is 5.74. The van der Waals surface area contributed by atoms with Crippen LogP contribution in [0.5, 0.6) is 5.75 Å². The van der Waals surface area contributed by atoms with Gasteiger partial charge in [-0.05, 0) is 35.7 Å². The summed E-state index contributed by atoms with van der Waals surface area (Å²) in [4.78, 5) is 47.7. The van der Waals surface area contributed by atoms with Crippen LogP contribution in [0.15, 0.2) is 64.8 Å². The van der Waals surface area contributed by atoms with Crippen LogP contribution in [0.1, 0.15) is 24.0 Å². The summed E-state index contributed by atoms with van der Waals surface area (Å²) in [5, 5.41) is 0. The first-order chi connectivity index (χ1) is 17.4. The number of piperidine rings is 1. The third kappa shape index (κ3) is 3.30. The maximum atomic E-state index is 13.4. The molecular weight excluding hydrogens is 462 g/mol. The van der Waals surface area contributed by atoms with Crippen molar-refractivity contribution in [2.75, 3.05) is 33.3 Å². The number of carbonyl (C=O) groups is 3. The predicted octanol–water partition coefficient (Wildman–Crippen LogP) is 2.59. The van der Waals surface area contributed by atoms with E-state index in [0.29, 0.717) is 18.0 Å². The molecule has 3 heterocycles. The SMILES string of the molecule is COC(=O)C1=C(C(=O)OC)[C@@H]2N(C)c3ccccc3[C@@]23CCC(=O)N(Cc2ccc(OC)cc2)C3=N1. The second-order valence-electron chi connectivity index (χ2n) is 9.01. The van der Waals surface area contributed by atoms with Gasteiger partial charge in [-0.2, -0.15) is 0 Å². The van der Waals surface area contributed by atoms with Crippen molar-refractivity contribution in [3.05, 3.63) is 70.9 Å². The van der Waals surface area contributed by atoms with Gasteiger partial charge in [0.2, 0.25) is 5.91 Å². The van der Waals surface area contributed by atoms with Crippen molar-refractivity contribution in [2.24, 2.45) is 4.99 Å². The molecule has 2 aromatic carbocycles. The number of likely N-dealkylation sites (N-methyl/N-ethyl adjacent to an activating group) is 1. The smallest absolute Gasteiger partial charge is 0.357 e. The first-order valence-electron chi connectivity index (χ1n) is 11.6. The lowest BCUT2D eigenvalue weighted by Crippen LogP contribution is -2.62. The van der Waals surface area contributed by atoms with E-state index in [2.05, 4.69) is 0 Å². The number of benzene rings is 2. The highest BCUT2D eigenvalue weighted by Gasteiger charge is 2.62. The van der Waals surface area contributed by atoms with Crippen molar-refractivity contribution in [1.29, 1.82) is 0 Å². The van der Waals surface area contributed by atoms with Gasteiger partial charge in [-0.15, -0.1) is 0 Å². The van der Waals surface area contributed by atoms with Gasteiger partial charge in [-0.1, -0.05) is 30.3 Å². The average Bonchev–Trinajstić information content (AvgIpc) is 3.17. The Balaban J connectivity index is 1.75. The molecule has 3 aliphatic rings. The molecule has 1 spiro atoms. The molecule has 2 aromatic rings. The number of likely N-dealkylation sites (tertiary alicyclic amines) is 1. The molecule has 5 rings (SSSR count). The molecule has 0 N–H and O–H groups in total. The van der Waals surface area contributed by atoms with E-state index in [-0.39, 0.29) is 30.1 Å². The average molecular weight is 490 g/mol. The minimum atomic E-state index is -0.827. The molecule has 0 aromatic heterocycles. The molecule has 0 aliphatic carbocycles. The number of esters is 2. The van der Waals surface area contributed by atoms with E-state index < -0.39 is 23.4 Å². The minimum absolute atomic E-state index is 0.105. The normalized spacial score (nSPS) is 22.4. The van der Waals surface area contributed by atoms with Gasteiger partial charge in [0.05, 0.1) is 44.9 Å². The number of amides is 1. The first kappa shape index (κ1) is 23.6. The molecule has 9 nitrogen and oxygen atoms in total. The number of nitrogens with zero attached hydrogens (tertiary/aromatic N) is 3. The van der Waals surface area contributed by atoms with Crippen LogP contribution in [-0.2, 0) is 35.8 Å². The predicted molar refractivity (Wildman–Crippen MR) is 132 cm³/mol. The summed E-state index contributed by atoms with van der Waals surface area (Å²) in [6, 6.07) is 14.7. The Labute approximate surface area is 208 Å². The van der Waals surface area contributed by atoms with Crippen LogP contribution >= 0.6 is 0 Å². The Hall–Kier alpha value is -4.14. The van der Waals surface area contributed by atoms with E-state index in [1.54, 1.807) is 12.0 Å². The molecule has 0 unspecified atom stereocenters. The standard InChI is InChI=1S/C27H27N3O6/c1-29-19-8-6-5-7-18(19)27-14-13-20(31)30(15-16-9-11-17(34-2)12-10-16)26(27)28-22(25(33)36-4)21(23(27)29)24(32)35-3/h5-12,23H,13-15H2,1-4H3/t23-,27-/m0/s1. The van der Waals surface area contributed by atoms with E-state index in [1.165, 1.54) is 14.2 Å². The number of aliphatic imine (C=N–C) groups is 1. The van der Waals surface area contributed by atoms with Crippen molar-refractivity contribution in [1.82, 2.24) is 4.90 Å². The summed E-state index contributed by atoms with van der Waals surface area (Å²) in [6.45, 7) is 0.254. The fourth-order valence-corrected chi connectivity index (χ4v) is 5.74. The van der Waals surface area contributed by atoms with Gasteiger partial charge < -0.3 is 19.1 Å². The third-order valence-corrected chi connectivity index (χ3v) is 7.34. The summed E-state index contributed by atoms with van der Waals surface area (Å²) in [7, 11) is 5.99. The second kappa shape index (κ2) is 8.82. The molecule has 1 saturated heterocycles. The maximum Gasteiger partial charge on any atom is 0.357 e. The van der Waals surface area contributed by atoms with E-state index in [9.17, 15) is 14.4 Å². The molecule has 3 aliphatic heterocycles. The number of carbonyl (C=O) groups excluding carboxylic acids is 3. The summed E-state index contributed by atoms with van der Waals surface area (Å²) in [5.41, 5.74) is 1.89. The van der Waals surface area contributed by atoms with Gasteiger partial charge >= 0.3 is 11.9 Å². The number of rotatable bonds is 5. The molecule has 0 radical (unpaired) electrons. The Morgan fingerprint density at radius 3 is 2.39 bits per heavy atom. The first-order valence-corrected chi connectivity index (χ1v) is 11.6. The van der Waals surface area contributed by atoms with Crippen LogP contribution in [0.2, 0.25) is 0 Å². The second-order valence-corrected chi connectivity index (χ2v) is 9.01. The zero-order chi connectivity index (χ0) is 25.6.